The fourth-order valence-electron chi connectivity index (χ4n) is 0.932. The first-order chi connectivity index (χ1) is 6.04. The average Bonchev–Trinajstić information content (AvgIpc) is 2.03. The minimum Gasteiger partial charge on any atom is -0.292 e. The number of Topliss-reactive ketones (excluding diaryl/α,β-unsaturated/α-hetero) is 1. The molecule has 1 aromatic carbocycles. The lowest BCUT2D eigenvalue weighted by Gasteiger charge is -2.07. The van der Waals surface area contributed by atoms with E-state index in [9.17, 15) is 4.79 Å². The van der Waals surface area contributed by atoms with Gasteiger partial charge in [0, 0.05) is 13.6 Å². The Kier molecular flexibility index (Phi) is 4.19. The number of hydrogen-bond donors (Lipinski definition) is 0. The van der Waals surface area contributed by atoms with E-state index in [1.165, 1.54) is 0 Å². The first kappa shape index (κ1) is 11.5. The zero-order valence-electron chi connectivity index (χ0n) is 6.85. The fraction of sp³-hybridized carbons (Fsp3) is 0.222. The zero-order chi connectivity index (χ0) is 10.0. The molecule has 0 radical (unpaired) electrons. The van der Waals surface area contributed by atoms with Crippen molar-refractivity contribution in [2.45, 2.75) is 12.3 Å². The Bertz CT molecular complexity index is 318. The van der Waals surface area contributed by atoms with Crippen molar-refractivity contribution in [3.8, 4) is 0 Å². The number of benzene rings is 1. The molecule has 1 atom stereocenters. The number of hydrogen-bond acceptors (Lipinski definition) is 1. The summed E-state index contributed by atoms with van der Waals surface area (Å²) >= 11 is 11.2. The van der Waals surface area contributed by atoms with E-state index in [1.807, 2.05) is 18.2 Å². The van der Waals surface area contributed by atoms with Gasteiger partial charge in [0.2, 0.25) is 0 Å². The van der Waals surface area contributed by atoms with Gasteiger partial charge in [0.25, 0.3) is 0 Å². The van der Waals surface area contributed by atoms with E-state index in [0.29, 0.717) is 5.56 Å². The summed E-state index contributed by atoms with van der Waals surface area (Å²) in [4.78, 5) is 11.6. The zero-order valence-corrected chi connectivity index (χ0v) is 11.4. The van der Waals surface area contributed by atoms with Gasteiger partial charge in [-0.1, -0.05) is 22.0 Å². The SMILES string of the molecule is CC(Cl)C(=O)c1c(Br)cccc1I. The molecule has 0 saturated carbocycles. The Hall–Kier alpha value is 0.390. The molecule has 70 valence electrons. The topological polar surface area (TPSA) is 17.1 Å². The van der Waals surface area contributed by atoms with Crippen LogP contribution in [-0.4, -0.2) is 11.2 Å². The van der Waals surface area contributed by atoms with Crippen molar-refractivity contribution < 1.29 is 4.79 Å². The number of ketones is 1. The highest BCUT2D eigenvalue weighted by molar-refractivity contribution is 14.1. The minimum absolute atomic E-state index is 0.0430. The molecule has 0 aromatic heterocycles. The molecule has 1 nitrogen and oxygen atoms in total. The van der Waals surface area contributed by atoms with E-state index in [1.54, 1.807) is 6.92 Å². The molecule has 0 aliphatic heterocycles. The summed E-state index contributed by atoms with van der Waals surface area (Å²) in [7, 11) is 0. The number of carbonyl (C=O) groups is 1. The molecule has 1 rings (SSSR count). The molecule has 13 heavy (non-hydrogen) atoms. The van der Waals surface area contributed by atoms with Crippen LogP contribution in [0.2, 0.25) is 0 Å². The summed E-state index contributed by atoms with van der Waals surface area (Å²) in [5, 5.41) is -0.479. The van der Waals surface area contributed by atoms with Gasteiger partial charge < -0.3 is 0 Å². The van der Waals surface area contributed by atoms with E-state index in [4.69, 9.17) is 11.6 Å². The predicted molar refractivity (Wildman–Crippen MR) is 66.5 cm³/mol. The van der Waals surface area contributed by atoms with E-state index < -0.39 is 5.38 Å². The maximum Gasteiger partial charge on any atom is 0.182 e. The van der Waals surface area contributed by atoms with Crippen molar-refractivity contribution in [1.82, 2.24) is 0 Å². The van der Waals surface area contributed by atoms with Crippen LogP contribution in [0.1, 0.15) is 17.3 Å². The summed E-state index contributed by atoms with van der Waals surface area (Å²) in [6, 6.07) is 5.62. The molecular weight excluding hydrogens is 366 g/mol. The monoisotopic (exact) mass is 372 g/mol. The predicted octanol–water partition coefficient (Wildman–Crippen LogP) is 3.86. The molecule has 0 N–H and O–H groups in total. The van der Waals surface area contributed by atoms with Gasteiger partial charge in [-0.25, -0.2) is 0 Å². The summed E-state index contributed by atoms with van der Waals surface area (Å²) in [6.45, 7) is 1.68. The van der Waals surface area contributed by atoms with E-state index in [0.717, 1.165) is 8.04 Å². The lowest BCUT2D eigenvalue weighted by molar-refractivity contribution is 0.0990. The van der Waals surface area contributed by atoms with Crippen LogP contribution in [0.15, 0.2) is 22.7 Å². The van der Waals surface area contributed by atoms with Gasteiger partial charge >= 0.3 is 0 Å². The van der Waals surface area contributed by atoms with Crippen LogP contribution in [0.3, 0.4) is 0 Å². The van der Waals surface area contributed by atoms with Gasteiger partial charge in [-0.05, 0) is 41.6 Å². The van der Waals surface area contributed by atoms with Crippen molar-refractivity contribution in [1.29, 1.82) is 0 Å². The lowest BCUT2D eigenvalue weighted by Crippen LogP contribution is -2.12. The second-order valence-corrected chi connectivity index (χ2v) is 5.25. The molecule has 0 heterocycles. The summed E-state index contributed by atoms with van der Waals surface area (Å²) < 4.78 is 1.72. The molecule has 0 bridgehead atoms. The van der Waals surface area contributed by atoms with Gasteiger partial charge in [0.05, 0.1) is 5.38 Å². The highest BCUT2D eigenvalue weighted by Gasteiger charge is 2.17. The smallest absolute Gasteiger partial charge is 0.182 e. The molecule has 1 unspecified atom stereocenters. The Labute approximate surface area is 104 Å². The van der Waals surface area contributed by atoms with Crippen molar-refractivity contribution in [3.05, 3.63) is 31.8 Å². The van der Waals surface area contributed by atoms with Gasteiger partial charge in [-0.15, -0.1) is 11.6 Å². The first-order valence-electron chi connectivity index (χ1n) is 3.66. The Morgan fingerprint density at radius 3 is 2.69 bits per heavy atom. The average molecular weight is 373 g/mol. The van der Waals surface area contributed by atoms with Crippen LogP contribution < -0.4 is 0 Å². The Morgan fingerprint density at radius 2 is 2.23 bits per heavy atom. The Morgan fingerprint density at radius 1 is 1.62 bits per heavy atom. The maximum atomic E-state index is 11.6. The van der Waals surface area contributed by atoms with Gasteiger partial charge in [0.1, 0.15) is 0 Å². The molecule has 0 aliphatic carbocycles. The van der Waals surface area contributed by atoms with Crippen LogP contribution in [0, 0.1) is 3.57 Å². The largest absolute Gasteiger partial charge is 0.292 e. The maximum absolute atomic E-state index is 11.6. The second-order valence-electron chi connectivity index (χ2n) is 2.58. The third kappa shape index (κ3) is 2.67. The van der Waals surface area contributed by atoms with E-state index in [2.05, 4.69) is 38.5 Å². The lowest BCUT2D eigenvalue weighted by atomic mass is 10.1. The van der Waals surface area contributed by atoms with Gasteiger partial charge in [0.15, 0.2) is 5.78 Å². The quantitative estimate of drug-likeness (QED) is 0.437. The minimum atomic E-state index is -0.479. The number of halogens is 3. The summed E-state index contributed by atoms with van der Waals surface area (Å²) in [6.07, 6.45) is 0. The summed E-state index contributed by atoms with van der Waals surface area (Å²) in [5.74, 6) is -0.0430. The van der Waals surface area contributed by atoms with Crippen LogP contribution in [0.4, 0.5) is 0 Å². The normalized spacial score (nSPS) is 12.6. The molecular formula is C9H7BrClIO. The number of carbonyl (C=O) groups excluding carboxylic acids is 1. The third-order valence-corrected chi connectivity index (χ3v) is 3.33. The fourth-order valence-corrected chi connectivity index (χ4v) is 2.74. The number of alkyl halides is 1. The van der Waals surface area contributed by atoms with Crippen molar-refractivity contribution in [2.75, 3.05) is 0 Å². The van der Waals surface area contributed by atoms with E-state index >= 15 is 0 Å². The molecule has 0 aliphatic rings. The molecule has 4 heteroatoms. The highest BCUT2D eigenvalue weighted by atomic mass is 127. The van der Waals surface area contributed by atoms with Crippen LogP contribution >= 0.6 is 50.1 Å². The van der Waals surface area contributed by atoms with Crippen molar-refractivity contribution >= 4 is 55.9 Å². The molecule has 0 fully saturated rings. The molecule has 0 amide bonds. The molecule has 0 spiro atoms. The van der Waals surface area contributed by atoms with E-state index in [-0.39, 0.29) is 5.78 Å². The second kappa shape index (κ2) is 4.75. The summed E-state index contributed by atoms with van der Waals surface area (Å²) in [5.41, 5.74) is 0.672. The van der Waals surface area contributed by atoms with Gasteiger partial charge in [-0.3, -0.25) is 4.79 Å². The van der Waals surface area contributed by atoms with Crippen LogP contribution in [-0.2, 0) is 0 Å². The standard InChI is InChI=1S/C9H7BrClIO/c1-5(11)9(13)8-6(10)3-2-4-7(8)12/h2-5H,1H3. The third-order valence-electron chi connectivity index (χ3n) is 1.57. The van der Waals surface area contributed by atoms with Gasteiger partial charge in [-0.2, -0.15) is 0 Å². The van der Waals surface area contributed by atoms with Crippen molar-refractivity contribution in [2.24, 2.45) is 0 Å². The highest BCUT2D eigenvalue weighted by Crippen LogP contribution is 2.24. The molecule has 1 aromatic rings. The van der Waals surface area contributed by atoms with Crippen LogP contribution in [0.5, 0.6) is 0 Å². The Balaban J connectivity index is 3.20. The van der Waals surface area contributed by atoms with Crippen molar-refractivity contribution in [3.63, 3.8) is 0 Å². The van der Waals surface area contributed by atoms with Crippen LogP contribution in [0.25, 0.3) is 0 Å². The first-order valence-corrected chi connectivity index (χ1v) is 5.97. The molecule has 0 saturated heterocycles. The number of rotatable bonds is 2.